The van der Waals surface area contributed by atoms with Gasteiger partial charge >= 0.3 is 11.9 Å². The number of quaternary nitrogens is 1. The minimum absolute atomic E-state index is 0.149. The van der Waals surface area contributed by atoms with Crippen LogP contribution in [0.5, 0.6) is 0 Å². The first-order chi connectivity index (χ1) is 29.6. The van der Waals surface area contributed by atoms with Crippen molar-refractivity contribution in [3.8, 4) is 0 Å². The molecule has 0 aromatic rings. The van der Waals surface area contributed by atoms with E-state index in [0.29, 0.717) is 23.9 Å². The van der Waals surface area contributed by atoms with Crippen molar-refractivity contribution in [1.82, 2.24) is 0 Å². The number of carboxylic acid groups (broad SMARTS) is 1. The molecule has 0 aromatic heterocycles. The molecule has 0 aliphatic heterocycles. The Kier molecular flexibility index (Phi) is 43.2. The lowest BCUT2D eigenvalue weighted by atomic mass is 10.0. The third-order valence-electron chi connectivity index (χ3n) is 11.5. The summed E-state index contributed by atoms with van der Waals surface area (Å²) in [5.74, 6) is -2.28. The molecule has 0 rings (SSSR count). The number of nitrogens with zero attached hydrogens (tertiary/aromatic N) is 1. The number of rotatable bonds is 48. The fraction of sp³-hybridized carbons (Fsp3) is 0.904. The van der Waals surface area contributed by atoms with Gasteiger partial charge in [0.2, 0.25) is 0 Å². The van der Waals surface area contributed by atoms with Gasteiger partial charge in [-0.3, -0.25) is 9.59 Å². The normalized spacial score (nSPS) is 12.9. The van der Waals surface area contributed by atoms with Crippen molar-refractivity contribution >= 4 is 17.9 Å². The molecule has 0 fully saturated rings. The number of unbranched alkanes of at least 4 members (excludes halogenated alkanes) is 31. The molecule has 0 amide bonds. The number of esters is 2. The van der Waals surface area contributed by atoms with E-state index in [2.05, 4.69) is 26.0 Å². The number of hydrogen-bond donors (Lipinski definition) is 0. The van der Waals surface area contributed by atoms with E-state index in [-0.39, 0.29) is 32.2 Å². The Balaban J connectivity index is 4.22. The number of carbonyl (C=O) groups is 3. The molecular weight excluding hydrogens is 767 g/mol. The smallest absolute Gasteiger partial charge is 0.306 e. The Morgan fingerprint density at radius 3 is 1.23 bits per heavy atom. The highest BCUT2D eigenvalue weighted by molar-refractivity contribution is 5.70. The molecule has 9 nitrogen and oxygen atoms in total. The van der Waals surface area contributed by atoms with E-state index in [9.17, 15) is 19.5 Å². The van der Waals surface area contributed by atoms with Gasteiger partial charge in [-0.25, -0.2) is 0 Å². The van der Waals surface area contributed by atoms with Gasteiger partial charge in [0, 0.05) is 12.8 Å². The molecule has 0 saturated heterocycles. The molecular formula is C52H99NO8. The molecule has 0 aromatic carbocycles. The molecule has 0 bridgehead atoms. The summed E-state index contributed by atoms with van der Waals surface area (Å²) in [4.78, 5) is 37.1. The molecule has 2 unspecified atom stereocenters. The van der Waals surface area contributed by atoms with Crippen LogP contribution < -0.4 is 5.11 Å². The molecule has 0 spiro atoms. The number of allylic oxidation sites excluding steroid dienone is 2. The Morgan fingerprint density at radius 1 is 0.475 bits per heavy atom. The fourth-order valence-electron chi connectivity index (χ4n) is 7.47. The minimum atomic E-state index is -1.62. The van der Waals surface area contributed by atoms with Crippen LogP contribution in [0.15, 0.2) is 12.2 Å². The molecule has 0 heterocycles. The Bertz CT molecular complexity index is 1010. The average Bonchev–Trinajstić information content (AvgIpc) is 3.22. The summed E-state index contributed by atoms with van der Waals surface area (Å²) in [5, 5.41) is 11.7. The van der Waals surface area contributed by atoms with Gasteiger partial charge in [0.1, 0.15) is 13.2 Å². The number of carboxylic acids is 1. The quantitative estimate of drug-likeness (QED) is 0.0195. The lowest BCUT2D eigenvalue weighted by molar-refractivity contribution is -0.870. The van der Waals surface area contributed by atoms with Gasteiger partial charge in [0.05, 0.1) is 40.3 Å². The monoisotopic (exact) mass is 866 g/mol. The van der Waals surface area contributed by atoms with Crippen molar-refractivity contribution < 1.29 is 42.9 Å². The summed E-state index contributed by atoms with van der Waals surface area (Å²) >= 11 is 0. The first-order valence-corrected chi connectivity index (χ1v) is 25.8. The van der Waals surface area contributed by atoms with Gasteiger partial charge in [-0.2, -0.15) is 0 Å². The number of carbonyl (C=O) groups excluding carboxylic acids is 3. The summed E-state index contributed by atoms with van der Waals surface area (Å²) < 4.78 is 22.6. The molecule has 61 heavy (non-hydrogen) atoms. The van der Waals surface area contributed by atoms with E-state index in [0.717, 1.165) is 51.4 Å². The number of ether oxygens (including phenoxy) is 4. The maximum Gasteiger partial charge on any atom is 0.306 e. The van der Waals surface area contributed by atoms with Crippen molar-refractivity contribution in [2.75, 3.05) is 47.5 Å². The second kappa shape index (κ2) is 44.6. The highest BCUT2D eigenvalue weighted by Crippen LogP contribution is 2.17. The van der Waals surface area contributed by atoms with Crippen molar-refractivity contribution in [2.24, 2.45) is 0 Å². The van der Waals surface area contributed by atoms with Gasteiger partial charge in [0.25, 0.3) is 0 Å². The fourth-order valence-corrected chi connectivity index (χ4v) is 7.47. The SMILES string of the molecule is CCCCCC/C=C\CCCCCCCC(=O)OC(COC(=O)CCCCCCCCCCCCCCCCCCCCCCCCC)COC(OCC[N+](C)(C)C)C(=O)[O-]. The van der Waals surface area contributed by atoms with E-state index in [4.69, 9.17) is 18.9 Å². The molecule has 0 aliphatic carbocycles. The summed E-state index contributed by atoms with van der Waals surface area (Å²) in [7, 11) is 5.92. The second-order valence-corrected chi connectivity index (χ2v) is 18.8. The first kappa shape index (κ1) is 59.0. The van der Waals surface area contributed by atoms with E-state index in [1.54, 1.807) is 0 Å². The number of hydrogen-bond acceptors (Lipinski definition) is 8. The van der Waals surface area contributed by atoms with E-state index in [1.165, 1.54) is 161 Å². The largest absolute Gasteiger partial charge is 0.545 e. The van der Waals surface area contributed by atoms with Gasteiger partial charge < -0.3 is 33.3 Å². The number of aliphatic carboxylic acids is 1. The molecule has 9 heteroatoms. The molecule has 0 aliphatic rings. The van der Waals surface area contributed by atoms with Crippen LogP contribution >= 0.6 is 0 Å². The zero-order valence-electron chi connectivity index (χ0n) is 40.8. The predicted octanol–water partition coefficient (Wildman–Crippen LogP) is 12.9. The minimum Gasteiger partial charge on any atom is -0.545 e. The van der Waals surface area contributed by atoms with Gasteiger partial charge in [-0.05, 0) is 38.5 Å². The van der Waals surface area contributed by atoms with Crippen LogP contribution in [0, 0.1) is 0 Å². The van der Waals surface area contributed by atoms with Crippen LogP contribution in [0.25, 0.3) is 0 Å². The highest BCUT2D eigenvalue weighted by Gasteiger charge is 2.22. The van der Waals surface area contributed by atoms with Crippen molar-refractivity contribution in [1.29, 1.82) is 0 Å². The molecule has 0 N–H and O–H groups in total. The van der Waals surface area contributed by atoms with Crippen LogP contribution in [0.4, 0.5) is 0 Å². The van der Waals surface area contributed by atoms with E-state index < -0.39 is 24.3 Å². The van der Waals surface area contributed by atoms with Crippen LogP contribution in [0.3, 0.4) is 0 Å². The van der Waals surface area contributed by atoms with Crippen LogP contribution in [0.1, 0.15) is 245 Å². The molecule has 2 atom stereocenters. The summed E-state index contributed by atoms with van der Waals surface area (Å²) in [6.07, 6.45) is 45.4. The van der Waals surface area contributed by atoms with Crippen LogP contribution in [-0.4, -0.2) is 82.3 Å². The van der Waals surface area contributed by atoms with Crippen molar-refractivity contribution in [3.63, 3.8) is 0 Å². The standard InChI is InChI=1S/C52H99NO8/c1-6-8-10-12-14-16-18-20-21-22-23-24-25-26-27-28-29-31-32-34-36-38-40-42-49(54)59-46-48(47-60-52(51(56)57)58-45-44-53(3,4)5)61-50(55)43-41-39-37-35-33-30-19-17-15-13-11-9-7-2/h17,19,48,52H,6-16,18,20-47H2,1-5H3/b19-17-. The lowest BCUT2D eigenvalue weighted by Crippen LogP contribution is -2.44. The second-order valence-electron chi connectivity index (χ2n) is 18.8. The molecule has 0 saturated carbocycles. The van der Waals surface area contributed by atoms with Gasteiger partial charge in [-0.1, -0.05) is 206 Å². The Hall–Kier alpha value is -1.97. The lowest BCUT2D eigenvalue weighted by Gasteiger charge is -2.26. The van der Waals surface area contributed by atoms with Crippen molar-refractivity contribution in [2.45, 2.75) is 257 Å². The zero-order chi connectivity index (χ0) is 44.9. The third-order valence-corrected chi connectivity index (χ3v) is 11.5. The van der Waals surface area contributed by atoms with Gasteiger partial charge in [-0.15, -0.1) is 0 Å². The topological polar surface area (TPSA) is 111 Å². The van der Waals surface area contributed by atoms with E-state index >= 15 is 0 Å². The third kappa shape index (κ3) is 45.9. The van der Waals surface area contributed by atoms with Crippen LogP contribution in [-0.2, 0) is 33.3 Å². The first-order valence-electron chi connectivity index (χ1n) is 25.8. The Labute approximate surface area is 376 Å². The summed E-state index contributed by atoms with van der Waals surface area (Å²) in [6.45, 7) is 4.75. The predicted molar refractivity (Wildman–Crippen MR) is 251 cm³/mol. The zero-order valence-corrected chi connectivity index (χ0v) is 40.8. The number of likely N-dealkylation sites (N-methyl/N-ethyl adjacent to an activating group) is 1. The summed E-state index contributed by atoms with van der Waals surface area (Å²) in [6, 6.07) is 0. The maximum atomic E-state index is 12.8. The van der Waals surface area contributed by atoms with E-state index in [1.807, 2.05) is 21.1 Å². The average molecular weight is 866 g/mol. The van der Waals surface area contributed by atoms with Gasteiger partial charge in [0.15, 0.2) is 12.4 Å². The highest BCUT2D eigenvalue weighted by atomic mass is 16.7. The van der Waals surface area contributed by atoms with Crippen molar-refractivity contribution in [3.05, 3.63) is 12.2 Å². The summed E-state index contributed by atoms with van der Waals surface area (Å²) in [5.41, 5.74) is 0. The Morgan fingerprint density at radius 2 is 0.836 bits per heavy atom. The van der Waals surface area contributed by atoms with Crippen LogP contribution in [0.2, 0.25) is 0 Å². The maximum absolute atomic E-state index is 12.8. The molecule has 360 valence electrons. The molecule has 0 radical (unpaired) electrons.